The van der Waals surface area contributed by atoms with Crippen molar-refractivity contribution in [3.8, 4) is 5.75 Å². The molecule has 0 bridgehead atoms. The average Bonchev–Trinajstić information content (AvgIpc) is 2.66. The molecule has 0 fully saturated rings. The number of carbonyl (C=O) groups is 2. The van der Waals surface area contributed by atoms with Crippen LogP contribution >= 0.6 is 0 Å². The van der Waals surface area contributed by atoms with Gasteiger partial charge < -0.3 is 19.5 Å². The van der Waals surface area contributed by atoms with E-state index in [1.165, 1.54) is 0 Å². The van der Waals surface area contributed by atoms with E-state index in [0.29, 0.717) is 42.2 Å². The van der Waals surface area contributed by atoms with Gasteiger partial charge in [0, 0.05) is 36.1 Å². The summed E-state index contributed by atoms with van der Waals surface area (Å²) >= 11 is 0. The molecule has 0 saturated heterocycles. The van der Waals surface area contributed by atoms with Crippen molar-refractivity contribution in [2.75, 3.05) is 26.9 Å². The third kappa shape index (κ3) is 4.43. The first-order valence-corrected chi connectivity index (χ1v) is 10.4. The van der Waals surface area contributed by atoms with E-state index in [2.05, 4.69) is 19.2 Å². The highest BCUT2D eigenvalue weighted by atomic mass is 16.6. The van der Waals surface area contributed by atoms with Gasteiger partial charge in [-0.1, -0.05) is 32.0 Å². The van der Waals surface area contributed by atoms with Crippen LogP contribution in [0.4, 0.5) is 0 Å². The largest absolute Gasteiger partial charge is 0.494 e. The van der Waals surface area contributed by atoms with Crippen molar-refractivity contribution in [3.63, 3.8) is 0 Å². The fourth-order valence-corrected chi connectivity index (χ4v) is 4.32. The number of allylic oxidation sites excluding steroid dienone is 3. The summed E-state index contributed by atoms with van der Waals surface area (Å²) in [7, 11) is 1.56. The molecule has 1 aromatic carbocycles. The zero-order valence-corrected chi connectivity index (χ0v) is 18.5. The lowest BCUT2D eigenvalue weighted by Gasteiger charge is -2.39. The van der Waals surface area contributed by atoms with Crippen LogP contribution in [0.5, 0.6) is 5.75 Å². The van der Waals surface area contributed by atoms with E-state index in [-0.39, 0.29) is 17.8 Å². The number of Topliss-reactive ketones (excluding diaryl/α,β-unsaturated/α-hetero) is 1. The molecule has 0 aromatic heterocycles. The molecule has 0 amide bonds. The number of methoxy groups -OCH3 is 1. The maximum absolute atomic E-state index is 13.3. The molecule has 0 radical (unpaired) electrons. The number of hydrogen-bond donors (Lipinski definition) is 1. The number of ether oxygens (including phenoxy) is 3. The lowest BCUT2D eigenvalue weighted by molar-refractivity contribution is -0.140. The second kappa shape index (κ2) is 9.04. The highest BCUT2D eigenvalue weighted by molar-refractivity contribution is 6.04. The van der Waals surface area contributed by atoms with Gasteiger partial charge in [0.05, 0.1) is 24.7 Å². The highest BCUT2D eigenvalue weighted by Gasteiger charge is 2.43. The van der Waals surface area contributed by atoms with Gasteiger partial charge in [0.25, 0.3) is 0 Å². The number of esters is 1. The molecular formula is C24H31NO5. The number of nitrogens with one attached hydrogen (secondary N) is 1. The predicted molar refractivity (Wildman–Crippen MR) is 114 cm³/mol. The normalized spacial score (nSPS) is 20.6. The van der Waals surface area contributed by atoms with Crippen LogP contribution in [-0.4, -0.2) is 38.7 Å². The Morgan fingerprint density at radius 2 is 1.93 bits per heavy atom. The van der Waals surface area contributed by atoms with Crippen LogP contribution in [-0.2, 0) is 19.1 Å². The summed E-state index contributed by atoms with van der Waals surface area (Å²) in [6.07, 6.45) is 1.18. The monoisotopic (exact) mass is 413 g/mol. The number of rotatable bonds is 7. The zero-order valence-electron chi connectivity index (χ0n) is 18.5. The van der Waals surface area contributed by atoms with Gasteiger partial charge in [0.1, 0.15) is 12.4 Å². The second-order valence-corrected chi connectivity index (χ2v) is 8.53. The third-order valence-corrected chi connectivity index (χ3v) is 5.51. The number of benzene rings is 1. The molecule has 162 valence electrons. The molecule has 3 rings (SSSR count). The third-order valence-electron chi connectivity index (χ3n) is 5.51. The van der Waals surface area contributed by atoms with Gasteiger partial charge in [-0.05, 0) is 31.7 Å². The molecule has 1 aliphatic carbocycles. The predicted octanol–water partition coefficient (Wildman–Crippen LogP) is 3.88. The Bertz CT molecular complexity index is 897. The number of para-hydroxylation sites is 1. The topological polar surface area (TPSA) is 73.9 Å². The Labute approximate surface area is 178 Å². The molecule has 1 aromatic rings. The Morgan fingerprint density at radius 3 is 2.63 bits per heavy atom. The van der Waals surface area contributed by atoms with E-state index in [1.807, 2.05) is 38.1 Å². The maximum atomic E-state index is 13.3. The first-order chi connectivity index (χ1) is 14.3. The SMILES string of the molecule is CCOc1ccccc1[C@@H]1C(C(=O)OCCOC)=C(C)NC2=C1C(=O)CC(C)(C)C2. The van der Waals surface area contributed by atoms with Gasteiger partial charge in [-0.15, -0.1) is 0 Å². The quantitative estimate of drug-likeness (QED) is 0.540. The van der Waals surface area contributed by atoms with Crippen LogP contribution in [0.25, 0.3) is 0 Å². The van der Waals surface area contributed by atoms with Crippen LogP contribution in [0, 0.1) is 5.41 Å². The van der Waals surface area contributed by atoms with Crippen LogP contribution < -0.4 is 10.1 Å². The molecule has 30 heavy (non-hydrogen) atoms. The highest BCUT2D eigenvalue weighted by Crippen LogP contribution is 2.48. The van der Waals surface area contributed by atoms with Gasteiger partial charge in [-0.3, -0.25) is 4.79 Å². The molecule has 1 atom stereocenters. The summed E-state index contributed by atoms with van der Waals surface area (Å²) in [6.45, 7) is 8.91. The Hall–Kier alpha value is -2.60. The Kier molecular flexibility index (Phi) is 6.66. The minimum atomic E-state index is -0.525. The van der Waals surface area contributed by atoms with E-state index >= 15 is 0 Å². The van der Waals surface area contributed by atoms with Crippen molar-refractivity contribution >= 4 is 11.8 Å². The molecule has 1 aliphatic heterocycles. The number of ketones is 1. The van der Waals surface area contributed by atoms with Crippen molar-refractivity contribution in [1.82, 2.24) is 5.32 Å². The summed E-state index contributed by atoms with van der Waals surface area (Å²) in [6, 6.07) is 7.60. The molecule has 0 unspecified atom stereocenters. The van der Waals surface area contributed by atoms with Crippen LogP contribution in [0.3, 0.4) is 0 Å². The number of hydrogen-bond acceptors (Lipinski definition) is 6. The van der Waals surface area contributed by atoms with Crippen LogP contribution in [0.15, 0.2) is 46.8 Å². The van der Waals surface area contributed by atoms with E-state index < -0.39 is 11.9 Å². The van der Waals surface area contributed by atoms with Crippen LogP contribution in [0.2, 0.25) is 0 Å². The van der Waals surface area contributed by atoms with E-state index in [9.17, 15) is 9.59 Å². The Morgan fingerprint density at radius 1 is 1.20 bits per heavy atom. The van der Waals surface area contributed by atoms with Crippen molar-refractivity contribution in [2.24, 2.45) is 5.41 Å². The zero-order chi connectivity index (χ0) is 21.9. The van der Waals surface area contributed by atoms with Crippen molar-refractivity contribution in [3.05, 3.63) is 52.4 Å². The van der Waals surface area contributed by atoms with E-state index in [1.54, 1.807) is 7.11 Å². The molecule has 1 heterocycles. The average molecular weight is 414 g/mol. The van der Waals surface area contributed by atoms with Gasteiger partial charge >= 0.3 is 5.97 Å². The first-order valence-electron chi connectivity index (χ1n) is 10.4. The molecule has 6 nitrogen and oxygen atoms in total. The van der Waals surface area contributed by atoms with E-state index in [4.69, 9.17) is 14.2 Å². The van der Waals surface area contributed by atoms with Gasteiger partial charge in [0.15, 0.2) is 5.78 Å². The molecule has 2 aliphatic rings. The smallest absolute Gasteiger partial charge is 0.336 e. The van der Waals surface area contributed by atoms with Crippen molar-refractivity contribution in [2.45, 2.75) is 46.5 Å². The lowest BCUT2D eigenvalue weighted by Crippen LogP contribution is -2.39. The molecule has 0 saturated carbocycles. The lowest BCUT2D eigenvalue weighted by atomic mass is 9.68. The second-order valence-electron chi connectivity index (χ2n) is 8.53. The standard InChI is InChI=1S/C24H31NO5/c1-6-29-19-10-8-7-9-16(19)21-20(23(27)30-12-11-28-5)15(2)25-17-13-24(3,4)14-18(26)22(17)21/h7-10,21,25H,6,11-14H2,1-5H3/t21-/m1/s1. The molecule has 1 N–H and O–H groups in total. The maximum Gasteiger partial charge on any atom is 0.336 e. The summed E-state index contributed by atoms with van der Waals surface area (Å²) in [5.74, 6) is -0.244. The number of dihydropyridines is 1. The first kappa shape index (κ1) is 22.1. The van der Waals surface area contributed by atoms with Crippen molar-refractivity contribution in [1.29, 1.82) is 0 Å². The summed E-state index contributed by atoms with van der Waals surface area (Å²) in [4.78, 5) is 26.4. The van der Waals surface area contributed by atoms with Gasteiger partial charge in [0.2, 0.25) is 0 Å². The van der Waals surface area contributed by atoms with Gasteiger partial charge in [-0.25, -0.2) is 4.79 Å². The minimum Gasteiger partial charge on any atom is -0.494 e. The fourth-order valence-electron chi connectivity index (χ4n) is 4.32. The summed E-state index contributed by atoms with van der Waals surface area (Å²) in [5.41, 5.74) is 3.36. The van der Waals surface area contributed by atoms with Crippen molar-refractivity contribution < 1.29 is 23.8 Å². The van der Waals surface area contributed by atoms with Crippen LogP contribution in [0.1, 0.15) is 52.0 Å². The molecular weight excluding hydrogens is 382 g/mol. The summed E-state index contributed by atoms with van der Waals surface area (Å²) < 4.78 is 16.3. The van der Waals surface area contributed by atoms with Gasteiger partial charge in [-0.2, -0.15) is 0 Å². The number of carbonyl (C=O) groups excluding carboxylic acids is 2. The fraction of sp³-hybridized carbons (Fsp3) is 0.500. The van der Waals surface area contributed by atoms with E-state index in [0.717, 1.165) is 17.7 Å². The summed E-state index contributed by atoms with van der Waals surface area (Å²) in [5, 5.41) is 3.34. The Balaban J connectivity index is 2.13. The molecule has 0 spiro atoms. The minimum absolute atomic E-state index is 0.0553. The molecule has 6 heteroatoms.